The van der Waals surface area contributed by atoms with Gasteiger partial charge in [-0.05, 0) is 52.9 Å². The van der Waals surface area contributed by atoms with E-state index < -0.39 is 0 Å². The molecule has 1 aromatic rings. The number of amides is 1. The molecular formula is C14H18BrClN2O2. The summed E-state index contributed by atoms with van der Waals surface area (Å²) in [5.74, 6) is 1.23. The van der Waals surface area contributed by atoms with Gasteiger partial charge in [-0.15, -0.1) is 0 Å². The number of nitrogens with two attached hydrogens (primary N) is 1. The first-order chi connectivity index (χ1) is 9.60. The van der Waals surface area contributed by atoms with Crippen molar-refractivity contribution in [1.82, 2.24) is 5.32 Å². The van der Waals surface area contributed by atoms with Crippen LogP contribution >= 0.6 is 27.5 Å². The quantitative estimate of drug-likeness (QED) is 0.785. The molecule has 1 unspecified atom stereocenters. The van der Waals surface area contributed by atoms with E-state index in [0.29, 0.717) is 36.3 Å². The highest BCUT2D eigenvalue weighted by atomic mass is 79.9. The van der Waals surface area contributed by atoms with Crippen LogP contribution in [0, 0.1) is 5.92 Å². The Morgan fingerprint density at radius 3 is 2.90 bits per heavy atom. The Labute approximate surface area is 132 Å². The van der Waals surface area contributed by atoms with Crippen molar-refractivity contribution >= 4 is 33.4 Å². The highest BCUT2D eigenvalue weighted by molar-refractivity contribution is 9.10. The number of hydrogen-bond donors (Lipinski definition) is 2. The number of halogens is 2. The fraction of sp³-hybridized carbons (Fsp3) is 0.500. The third kappa shape index (κ3) is 4.65. The standard InChI is InChI=1S/C14H18BrClN2O2/c15-11-7-10(16)3-4-13(11)20-6-5-14(19)18-12(8-17)9-1-2-9/h3-4,7,9,12H,1-2,5-6,8,17H2,(H,18,19). The lowest BCUT2D eigenvalue weighted by Gasteiger charge is -2.16. The summed E-state index contributed by atoms with van der Waals surface area (Å²) in [6.45, 7) is 0.827. The van der Waals surface area contributed by atoms with Crippen LogP contribution in [0.3, 0.4) is 0 Å². The van der Waals surface area contributed by atoms with E-state index in [9.17, 15) is 4.79 Å². The smallest absolute Gasteiger partial charge is 0.223 e. The first kappa shape index (κ1) is 15.6. The van der Waals surface area contributed by atoms with Crippen LogP contribution in [-0.4, -0.2) is 25.1 Å². The number of hydrogen-bond acceptors (Lipinski definition) is 3. The summed E-state index contributed by atoms with van der Waals surface area (Å²) >= 11 is 9.22. The van der Waals surface area contributed by atoms with Gasteiger partial charge in [-0.25, -0.2) is 0 Å². The summed E-state index contributed by atoms with van der Waals surface area (Å²) in [4.78, 5) is 11.8. The number of ether oxygens (including phenoxy) is 1. The summed E-state index contributed by atoms with van der Waals surface area (Å²) in [5, 5.41) is 3.60. The Bertz CT molecular complexity index is 480. The van der Waals surface area contributed by atoms with Gasteiger partial charge in [0.2, 0.25) is 5.91 Å². The average Bonchev–Trinajstić information content (AvgIpc) is 3.23. The summed E-state index contributed by atoms with van der Waals surface area (Å²) in [5.41, 5.74) is 5.65. The molecule has 2 rings (SSSR count). The molecule has 3 N–H and O–H groups in total. The minimum absolute atomic E-state index is 0.0163. The van der Waals surface area contributed by atoms with Gasteiger partial charge in [0.25, 0.3) is 0 Å². The molecule has 0 aromatic heterocycles. The van der Waals surface area contributed by atoms with Crippen LogP contribution in [0.15, 0.2) is 22.7 Å². The molecule has 1 atom stereocenters. The van der Waals surface area contributed by atoms with Crippen LogP contribution in [0.1, 0.15) is 19.3 Å². The van der Waals surface area contributed by atoms with Crippen LogP contribution < -0.4 is 15.8 Å². The van der Waals surface area contributed by atoms with Crippen molar-refractivity contribution in [1.29, 1.82) is 0 Å². The van der Waals surface area contributed by atoms with Gasteiger partial charge in [0, 0.05) is 17.6 Å². The van der Waals surface area contributed by atoms with Crippen molar-refractivity contribution < 1.29 is 9.53 Å². The van der Waals surface area contributed by atoms with Crippen molar-refractivity contribution in [3.8, 4) is 5.75 Å². The molecule has 6 heteroatoms. The Morgan fingerprint density at radius 2 is 2.30 bits per heavy atom. The van der Waals surface area contributed by atoms with E-state index in [0.717, 1.165) is 17.3 Å². The first-order valence-electron chi connectivity index (χ1n) is 6.67. The number of nitrogens with one attached hydrogen (secondary N) is 1. The summed E-state index contributed by atoms with van der Waals surface area (Å²) in [6, 6.07) is 5.40. The number of benzene rings is 1. The van der Waals surface area contributed by atoms with Gasteiger partial charge in [-0.2, -0.15) is 0 Å². The molecule has 110 valence electrons. The SMILES string of the molecule is NCC(NC(=O)CCOc1ccc(Cl)cc1Br)C1CC1. The molecule has 1 aromatic carbocycles. The molecule has 0 spiro atoms. The third-order valence-corrected chi connectivity index (χ3v) is 4.13. The molecule has 1 fully saturated rings. The lowest BCUT2D eigenvalue weighted by molar-refractivity contribution is -0.122. The molecular weight excluding hydrogens is 344 g/mol. The molecule has 1 aliphatic carbocycles. The van der Waals surface area contributed by atoms with E-state index in [1.54, 1.807) is 18.2 Å². The Balaban J connectivity index is 1.73. The van der Waals surface area contributed by atoms with Gasteiger partial charge in [0.05, 0.1) is 17.5 Å². The van der Waals surface area contributed by atoms with Crippen molar-refractivity contribution in [2.45, 2.75) is 25.3 Å². The Hall–Kier alpha value is -0.780. The number of carbonyl (C=O) groups is 1. The predicted octanol–water partition coefficient (Wildman–Crippen LogP) is 2.72. The van der Waals surface area contributed by atoms with Gasteiger partial charge in [-0.3, -0.25) is 4.79 Å². The van der Waals surface area contributed by atoms with Gasteiger partial charge in [0.15, 0.2) is 0 Å². The topological polar surface area (TPSA) is 64.3 Å². The maximum absolute atomic E-state index is 11.8. The van der Waals surface area contributed by atoms with Crippen molar-refractivity contribution in [2.24, 2.45) is 11.7 Å². The summed E-state index contributed by atoms with van der Waals surface area (Å²) in [6.07, 6.45) is 2.64. The third-order valence-electron chi connectivity index (χ3n) is 3.27. The zero-order valence-corrected chi connectivity index (χ0v) is 13.4. The van der Waals surface area contributed by atoms with Crippen LogP contribution in [0.4, 0.5) is 0 Å². The van der Waals surface area contributed by atoms with Gasteiger partial charge < -0.3 is 15.8 Å². The lowest BCUT2D eigenvalue weighted by Crippen LogP contribution is -2.42. The second-order valence-corrected chi connectivity index (χ2v) is 6.21. The molecule has 0 radical (unpaired) electrons. The highest BCUT2D eigenvalue weighted by Crippen LogP contribution is 2.32. The average molecular weight is 362 g/mol. The van der Waals surface area contributed by atoms with E-state index in [1.807, 2.05) is 0 Å². The fourth-order valence-corrected chi connectivity index (χ4v) is 2.79. The fourth-order valence-electron chi connectivity index (χ4n) is 1.99. The predicted molar refractivity (Wildman–Crippen MR) is 83.0 cm³/mol. The second kappa shape index (κ2) is 7.29. The molecule has 0 heterocycles. The molecule has 0 saturated heterocycles. The maximum atomic E-state index is 11.8. The van der Waals surface area contributed by atoms with Crippen LogP contribution in [0.25, 0.3) is 0 Å². The number of rotatable bonds is 7. The van der Waals surface area contributed by atoms with Gasteiger partial charge in [-0.1, -0.05) is 11.6 Å². The largest absolute Gasteiger partial charge is 0.492 e. The van der Waals surface area contributed by atoms with Crippen molar-refractivity contribution in [2.75, 3.05) is 13.2 Å². The van der Waals surface area contributed by atoms with E-state index in [2.05, 4.69) is 21.2 Å². The van der Waals surface area contributed by atoms with Gasteiger partial charge >= 0.3 is 0 Å². The lowest BCUT2D eigenvalue weighted by atomic mass is 10.2. The summed E-state index contributed by atoms with van der Waals surface area (Å²) < 4.78 is 6.34. The van der Waals surface area contributed by atoms with Crippen molar-refractivity contribution in [3.63, 3.8) is 0 Å². The van der Waals surface area contributed by atoms with E-state index in [-0.39, 0.29) is 11.9 Å². The van der Waals surface area contributed by atoms with Gasteiger partial charge in [0.1, 0.15) is 5.75 Å². The Kier molecular flexibility index (Phi) is 5.69. The molecule has 4 nitrogen and oxygen atoms in total. The minimum atomic E-state index is -0.0163. The summed E-state index contributed by atoms with van der Waals surface area (Å²) in [7, 11) is 0. The highest BCUT2D eigenvalue weighted by Gasteiger charge is 2.31. The minimum Gasteiger partial charge on any atom is -0.492 e. The zero-order chi connectivity index (χ0) is 14.5. The molecule has 1 amide bonds. The van der Waals surface area contributed by atoms with Crippen LogP contribution in [0.2, 0.25) is 5.02 Å². The molecule has 0 aliphatic heterocycles. The molecule has 1 aliphatic rings. The Morgan fingerprint density at radius 1 is 1.55 bits per heavy atom. The van der Waals surface area contributed by atoms with Crippen LogP contribution in [-0.2, 0) is 4.79 Å². The maximum Gasteiger partial charge on any atom is 0.223 e. The molecule has 1 saturated carbocycles. The molecule has 0 bridgehead atoms. The van der Waals surface area contributed by atoms with E-state index >= 15 is 0 Å². The van der Waals surface area contributed by atoms with Crippen molar-refractivity contribution in [3.05, 3.63) is 27.7 Å². The van der Waals surface area contributed by atoms with Crippen LogP contribution in [0.5, 0.6) is 5.75 Å². The first-order valence-corrected chi connectivity index (χ1v) is 7.84. The van der Waals surface area contributed by atoms with E-state index in [1.165, 1.54) is 0 Å². The molecule has 20 heavy (non-hydrogen) atoms. The normalized spacial score (nSPS) is 15.8. The number of carbonyl (C=O) groups excluding carboxylic acids is 1. The van der Waals surface area contributed by atoms with E-state index in [4.69, 9.17) is 22.1 Å². The monoisotopic (exact) mass is 360 g/mol. The second-order valence-electron chi connectivity index (χ2n) is 4.92. The zero-order valence-electron chi connectivity index (χ0n) is 11.1.